The summed E-state index contributed by atoms with van der Waals surface area (Å²) in [5.41, 5.74) is 1.74. The largest absolute Gasteiger partial charge is 0.507 e. The van der Waals surface area contributed by atoms with Gasteiger partial charge in [-0.15, -0.1) is 10.2 Å². The number of phenols is 1. The van der Waals surface area contributed by atoms with Gasteiger partial charge in [-0.2, -0.15) is 0 Å². The number of aromatic nitrogens is 2. The van der Waals surface area contributed by atoms with Crippen LogP contribution in [0.2, 0.25) is 0 Å². The maximum Gasteiger partial charge on any atom is 0.277 e. The molecule has 3 rings (SSSR count). The molecule has 0 saturated carbocycles. The van der Waals surface area contributed by atoms with Gasteiger partial charge in [0.1, 0.15) is 5.75 Å². The van der Waals surface area contributed by atoms with E-state index in [1.165, 1.54) is 17.3 Å². The Balaban J connectivity index is 1.73. The first-order chi connectivity index (χ1) is 9.83. The fourth-order valence-electron chi connectivity index (χ4n) is 1.75. The molecule has 0 aliphatic carbocycles. The molecule has 0 amide bonds. The number of aromatic hydroxyl groups is 1. The second-order valence-electron chi connectivity index (χ2n) is 4.16. The van der Waals surface area contributed by atoms with Gasteiger partial charge in [0.25, 0.3) is 11.1 Å². The first kappa shape index (κ1) is 12.7. The topological polar surface area (TPSA) is 59.2 Å². The lowest BCUT2D eigenvalue weighted by molar-refractivity contribution is 0.452. The molecule has 0 radical (unpaired) electrons. The molecular weight excluding hydrogens is 272 g/mol. The van der Waals surface area contributed by atoms with Crippen molar-refractivity contribution in [3.63, 3.8) is 0 Å². The van der Waals surface area contributed by atoms with Gasteiger partial charge in [0.05, 0.1) is 5.56 Å². The van der Waals surface area contributed by atoms with Crippen LogP contribution in [0.4, 0.5) is 0 Å². The predicted octanol–water partition coefficient (Wildman–Crippen LogP) is 3.73. The normalized spacial score (nSPS) is 10.6. The van der Waals surface area contributed by atoms with Crippen LogP contribution in [0, 0.1) is 0 Å². The van der Waals surface area contributed by atoms with Crippen molar-refractivity contribution in [2.75, 3.05) is 0 Å². The molecule has 5 heteroatoms. The summed E-state index contributed by atoms with van der Waals surface area (Å²) in [5.74, 6) is 1.23. The standard InChI is InChI=1S/C15H12N2O2S/c18-13-9-5-4-8-12(13)14-16-17-15(19-14)20-10-11-6-2-1-3-7-11/h1-9,18H,10H2. The minimum absolute atomic E-state index is 0.135. The van der Waals surface area contributed by atoms with Gasteiger partial charge < -0.3 is 9.52 Å². The molecule has 4 nitrogen and oxygen atoms in total. The monoisotopic (exact) mass is 284 g/mol. The second kappa shape index (κ2) is 5.79. The van der Waals surface area contributed by atoms with Gasteiger partial charge in [-0.1, -0.05) is 54.2 Å². The second-order valence-corrected chi connectivity index (χ2v) is 5.09. The summed E-state index contributed by atoms with van der Waals surface area (Å²) in [4.78, 5) is 0. The molecule has 20 heavy (non-hydrogen) atoms. The van der Waals surface area contributed by atoms with Crippen LogP contribution in [0.5, 0.6) is 5.75 Å². The molecule has 0 aliphatic heterocycles. The summed E-state index contributed by atoms with van der Waals surface area (Å²) < 4.78 is 5.55. The molecule has 0 spiro atoms. The minimum Gasteiger partial charge on any atom is -0.507 e. The molecule has 100 valence electrons. The summed E-state index contributed by atoms with van der Waals surface area (Å²) in [6.45, 7) is 0. The molecule has 0 aliphatic rings. The third-order valence-electron chi connectivity index (χ3n) is 2.75. The van der Waals surface area contributed by atoms with Crippen LogP contribution in [0.15, 0.2) is 64.2 Å². The van der Waals surface area contributed by atoms with Gasteiger partial charge in [-0.05, 0) is 17.7 Å². The Morgan fingerprint density at radius 3 is 2.50 bits per heavy atom. The molecule has 1 aromatic heterocycles. The highest BCUT2D eigenvalue weighted by Crippen LogP contribution is 2.30. The zero-order valence-corrected chi connectivity index (χ0v) is 11.4. The lowest BCUT2D eigenvalue weighted by Crippen LogP contribution is -1.79. The van der Waals surface area contributed by atoms with Crippen molar-refractivity contribution in [1.82, 2.24) is 10.2 Å². The van der Waals surface area contributed by atoms with E-state index < -0.39 is 0 Å². The maximum atomic E-state index is 9.75. The van der Waals surface area contributed by atoms with E-state index >= 15 is 0 Å². The van der Waals surface area contributed by atoms with Crippen molar-refractivity contribution < 1.29 is 9.52 Å². The van der Waals surface area contributed by atoms with Gasteiger partial charge in [0.15, 0.2) is 0 Å². The summed E-state index contributed by atoms with van der Waals surface area (Å²) in [6, 6.07) is 17.0. The summed E-state index contributed by atoms with van der Waals surface area (Å²) in [7, 11) is 0. The fraction of sp³-hybridized carbons (Fsp3) is 0.0667. The third kappa shape index (κ3) is 2.83. The van der Waals surface area contributed by atoms with E-state index in [-0.39, 0.29) is 5.75 Å². The molecule has 0 atom stereocenters. The van der Waals surface area contributed by atoms with E-state index in [1.54, 1.807) is 18.2 Å². The first-order valence-corrected chi connectivity index (χ1v) is 7.10. The number of phenolic OH excluding ortho intramolecular Hbond substituents is 1. The van der Waals surface area contributed by atoms with Crippen molar-refractivity contribution in [3.05, 3.63) is 60.2 Å². The van der Waals surface area contributed by atoms with E-state index in [2.05, 4.69) is 10.2 Å². The van der Waals surface area contributed by atoms with Gasteiger partial charge >= 0.3 is 0 Å². The van der Waals surface area contributed by atoms with Crippen LogP contribution in [0.25, 0.3) is 11.5 Å². The SMILES string of the molecule is Oc1ccccc1-c1nnc(SCc2ccccc2)o1. The van der Waals surface area contributed by atoms with Crippen LogP contribution >= 0.6 is 11.8 Å². The molecule has 0 unspecified atom stereocenters. The first-order valence-electron chi connectivity index (χ1n) is 6.11. The summed E-state index contributed by atoms with van der Waals surface area (Å²) >= 11 is 1.47. The van der Waals surface area contributed by atoms with E-state index in [0.29, 0.717) is 16.7 Å². The minimum atomic E-state index is 0.135. The molecule has 0 bridgehead atoms. The van der Waals surface area contributed by atoms with E-state index in [1.807, 2.05) is 36.4 Å². The van der Waals surface area contributed by atoms with Crippen molar-refractivity contribution in [1.29, 1.82) is 0 Å². The quantitative estimate of drug-likeness (QED) is 0.740. The Labute approximate surface area is 120 Å². The van der Waals surface area contributed by atoms with Crippen molar-refractivity contribution >= 4 is 11.8 Å². The Morgan fingerprint density at radius 2 is 1.70 bits per heavy atom. The van der Waals surface area contributed by atoms with Gasteiger partial charge in [-0.3, -0.25) is 0 Å². The molecular formula is C15H12N2O2S. The van der Waals surface area contributed by atoms with Gasteiger partial charge in [0, 0.05) is 5.75 Å². The highest BCUT2D eigenvalue weighted by Gasteiger charge is 2.12. The summed E-state index contributed by atoms with van der Waals surface area (Å²) in [5, 5.41) is 18.2. The number of benzene rings is 2. The van der Waals surface area contributed by atoms with E-state index in [4.69, 9.17) is 4.42 Å². The molecule has 0 fully saturated rings. The Morgan fingerprint density at radius 1 is 0.950 bits per heavy atom. The highest BCUT2D eigenvalue weighted by atomic mass is 32.2. The van der Waals surface area contributed by atoms with E-state index in [9.17, 15) is 5.11 Å². The summed E-state index contributed by atoms with van der Waals surface area (Å²) in [6.07, 6.45) is 0. The zero-order valence-electron chi connectivity index (χ0n) is 10.6. The lowest BCUT2D eigenvalue weighted by Gasteiger charge is -1.98. The number of thioether (sulfide) groups is 1. The molecule has 3 aromatic rings. The average molecular weight is 284 g/mol. The number of rotatable bonds is 4. The van der Waals surface area contributed by atoms with Crippen molar-refractivity contribution in [2.24, 2.45) is 0 Å². The number of nitrogens with zero attached hydrogens (tertiary/aromatic N) is 2. The van der Waals surface area contributed by atoms with Crippen molar-refractivity contribution in [3.8, 4) is 17.2 Å². The van der Waals surface area contributed by atoms with Crippen LogP contribution in [0.1, 0.15) is 5.56 Å². The number of hydrogen-bond acceptors (Lipinski definition) is 5. The molecule has 1 heterocycles. The van der Waals surface area contributed by atoms with Gasteiger partial charge in [-0.25, -0.2) is 0 Å². The lowest BCUT2D eigenvalue weighted by atomic mass is 10.2. The number of para-hydroxylation sites is 1. The average Bonchev–Trinajstić information content (AvgIpc) is 2.95. The Kier molecular flexibility index (Phi) is 3.69. The van der Waals surface area contributed by atoms with Crippen LogP contribution in [0.3, 0.4) is 0 Å². The van der Waals surface area contributed by atoms with Crippen LogP contribution in [-0.4, -0.2) is 15.3 Å². The van der Waals surface area contributed by atoms with Crippen LogP contribution in [-0.2, 0) is 5.75 Å². The van der Waals surface area contributed by atoms with Crippen LogP contribution < -0.4 is 0 Å². The van der Waals surface area contributed by atoms with Crippen molar-refractivity contribution in [2.45, 2.75) is 11.0 Å². The molecule has 1 N–H and O–H groups in total. The molecule has 0 saturated heterocycles. The fourth-order valence-corrected chi connectivity index (χ4v) is 2.47. The predicted molar refractivity (Wildman–Crippen MR) is 77.4 cm³/mol. The maximum absolute atomic E-state index is 9.75. The Hall–Kier alpha value is -2.27. The third-order valence-corrected chi connectivity index (χ3v) is 3.64. The molecule has 2 aromatic carbocycles. The Bertz CT molecular complexity index is 698. The van der Waals surface area contributed by atoms with Gasteiger partial charge in [0.2, 0.25) is 0 Å². The number of hydrogen-bond donors (Lipinski definition) is 1. The smallest absolute Gasteiger partial charge is 0.277 e. The highest BCUT2D eigenvalue weighted by molar-refractivity contribution is 7.98. The zero-order chi connectivity index (χ0) is 13.8. The van der Waals surface area contributed by atoms with E-state index in [0.717, 1.165) is 5.75 Å².